The van der Waals surface area contributed by atoms with E-state index in [1.807, 2.05) is 0 Å². The summed E-state index contributed by atoms with van der Waals surface area (Å²) in [6.07, 6.45) is 2.43. The number of benzene rings is 2. The molecule has 8 nitrogen and oxygen atoms in total. The molecule has 0 radical (unpaired) electrons. The zero-order valence-electron chi connectivity index (χ0n) is 18.2. The van der Waals surface area contributed by atoms with Gasteiger partial charge in [0.1, 0.15) is 0 Å². The summed E-state index contributed by atoms with van der Waals surface area (Å²) in [4.78, 5) is 54.1. The Bertz CT molecular complexity index is 1130. The van der Waals surface area contributed by atoms with Gasteiger partial charge < -0.3 is 15.0 Å². The van der Waals surface area contributed by atoms with E-state index >= 15 is 0 Å². The van der Waals surface area contributed by atoms with E-state index in [4.69, 9.17) is 16.3 Å². The zero-order valence-corrected chi connectivity index (χ0v) is 19.0. The van der Waals surface area contributed by atoms with Crippen LogP contribution in [-0.4, -0.2) is 66.8 Å². The molecule has 2 aliphatic rings. The SMILES string of the molecule is COCCCN1C(=O)c2ccc(C(=O)Nc3cc(Cl)ccc3C(=O)N3CCCC3)cc2C1=O. The fraction of sp³-hybridized carbons (Fsp3) is 0.333. The molecule has 4 rings (SSSR count). The predicted molar refractivity (Wildman–Crippen MR) is 123 cm³/mol. The monoisotopic (exact) mass is 469 g/mol. The fourth-order valence-electron chi connectivity index (χ4n) is 4.09. The normalized spacial score (nSPS) is 15.2. The maximum atomic E-state index is 13.0. The molecule has 0 atom stereocenters. The number of halogens is 1. The second kappa shape index (κ2) is 9.72. The first-order chi connectivity index (χ1) is 15.9. The van der Waals surface area contributed by atoms with Crippen LogP contribution in [0.4, 0.5) is 5.69 Å². The Balaban J connectivity index is 1.55. The Labute approximate surface area is 196 Å². The number of ether oxygens (including phenoxy) is 1. The first-order valence-electron chi connectivity index (χ1n) is 10.8. The summed E-state index contributed by atoms with van der Waals surface area (Å²) in [6, 6.07) is 9.12. The highest BCUT2D eigenvalue weighted by atomic mass is 35.5. The van der Waals surface area contributed by atoms with Crippen LogP contribution in [0.25, 0.3) is 0 Å². The molecule has 33 heavy (non-hydrogen) atoms. The van der Waals surface area contributed by atoms with E-state index in [9.17, 15) is 19.2 Å². The summed E-state index contributed by atoms with van der Waals surface area (Å²) in [5, 5.41) is 3.12. The molecule has 0 bridgehead atoms. The molecule has 1 N–H and O–H groups in total. The van der Waals surface area contributed by atoms with Crippen LogP contribution in [0, 0.1) is 0 Å². The minimum atomic E-state index is -0.506. The second-order valence-electron chi connectivity index (χ2n) is 8.01. The average Bonchev–Trinajstić information content (AvgIpc) is 3.42. The first-order valence-corrected chi connectivity index (χ1v) is 11.2. The third-order valence-corrected chi connectivity index (χ3v) is 6.05. The molecule has 2 heterocycles. The molecule has 0 aromatic heterocycles. The number of anilines is 1. The minimum Gasteiger partial charge on any atom is -0.385 e. The maximum absolute atomic E-state index is 13.0. The molecule has 2 aromatic rings. The lowest BCUT2D eigenvalue weighted by Crippen LogP contribution is -2.31. The molecule has 4 amide bonds. The van der Waals surface area contributed by atoms with Crippen LogP contribution < -0.4 is 5.32 Å². The highest BCUT2D eigenvalue weighted by molar-refractivity contribution is 6.31. The number of rotatable bonds is 7. The van der Waals surface area contributed by atoms with Gasteiger partial charge in [0.15, 0.2) is 0 Å². The van der Waals surface area contributed by atoms with E-state index < -0.39 is 11.8 Å². The molecule has 1 fully saturated rings. The van der Waals surface area contributed by atoms with Gasteiger partial charge in [-0.05, 0) is 55.7 Å². The molecule has 172 valence electrons. The van der Waals surface area contributed by atoms with Crippen molar-refractivity contribution in [2.24, 2.45) is 0 Å². The van der Waals surface area contributed by atoms with Crippen LogP contribution in [-0.2, 0) is 4.74 Å². The number of carbonyl (C=O) groups excluding carboxylic acids is 4. The highest BCUT2D eigenvalue weighted by Gasteiger charge is 2.35. The molecule has 9 heteroatoms. The Morgan fingerprint density at radius 2 is 1.76 bits per heavy atom. The minimum absolute atomic E-state index is 0.166. The van der Waals surface area contributed by atoms with E-state index in [-0.39, 0.29) is 35.0 Å². The van der Waals surface area contributed by atoms with Crippen LogP contribution in [0.3, 0.4) is 0 Å². The van der Waals surface area contributed by atoms with Crippen LogP contribution in [0.15, 0.2) is 36.4 Å². The second-order valence-corrected chi connectivity index (χ2v) is 8.45. The molecule has 0 aliphatic carbocycles. The van der Waals surface area contributed by atoms with Crippen LogP contribution in [0.1, 0.15) is 60.7 Å². The summed E-state index contributed by atoms with van der Waals surface area (Å²) in [6.45, 7) is 2.03. The standard InChI is InChI=1S/C24H24ClN3O5/c1-33-12-4-11-28-23(31)17-7-5-15(13-19(17)24(28)32)21(29)26-20-14-16(25)6-8-18(20)22(30)27-9-2-3-10-27/h5-8,13-14H,2-4,9-12H2,1H3,(H,26,29). The van der Waals surface area contributed by atoms with Gasteiger partial charge >= 0.3 is 0 Å². The Kier molecular flexibility index (Phi) is 6.76. The average molecular weight is 470 g/mol. The third kappa shape index (κ3) is 4.62. The van der Waals surface area contributed by atoms with Crippen molar-refractivity contribution in [3.05, 3.63) is 63.7 Å². The largest absolute Gasteiger partial charge is 0.385 e. The fourth-order valence-corrected chi connectivity index (χ4v) is 4.27. The smallest absolute Gasteiger partial charge is 0.261 e. The molecule has 0 saturated carbocycles. The molecule has 0 unspecified atom stereocenters. The molecule has 1 saturated heterocycles. The van der Waals surface area contributed by atoms with Gasteiger partial charge in [0.05, 0.1) is 22.4 Å². The Hall–Kier alpha value is -3.23. The van der Waals surface area contributed by atoms with E-state index in [2.05, 4.69) is 5.32 Å². The number of likely N-dealkylation sites (tertiary alicyclic amines) is 1. The summed E-state index contributed by atoms with van der Waals surface area (Å²) in [5.74, 6) is -1.49. The molecular formula is C24H24ClN3O5. The summed E-state index contributed by atoms with van der Waals surface area (Å²) >= 11 is 6.12. The summed E-state index contributed by atoms with van der Waals surface area (Å²) in [5.41, 5.74) is 1.30. The van der Waals surface area contributed by atoms with Crippen molar-refractivity contribution in [2.45, 2.75) is 19.3 Å². The summed E-state index contributed by atoms with van der Waals surface area (Å²) in [7, 11) is 1.55. The topological polar surface area (TPSA) is 96.0 Å². The number of hydrogen-bond donors (Lipinski definition) is 1. The number of nitrogens with zero attached hydrogens (tertiary/aromatic N) is 2. The van der Waals surface area contributed by atoms with Gasteiger partial charge in [-0.2, -0.15) is 0 Å². The van der Waals surface area contributed by atoms with E-state index in [0.717, 1.165) is 17.7 Å². The zero-order chi connectivity index (χ0) is 23.5. The van der Waals surface area contributed by atoms with Crippen molar-refractivity contribution < 1.29 is 23.9 Å². The number of amides is 4. The lowest BCUT2D eigenvalue weighted by Gasteiger charge is -2.18. The van der Waals surface area contributed by atoms with Crippen LogP contribution in [0.5, 0.6) is 0 Å². The van der Waals surface area contributed by atoms with Crippen molar-refractivity contribution in [2.75, 3.05) is 38.7 Å². The van der Waals surface area contributed by atoms with Gasteiger partial charge in [-0.1, -0.05) is 11.6 Å². The number of hydrogen-bond acceptors (Lipinski definition) is 5. The molecule has 2 aromatic carbocycles. The molecule has 2 aliphatic heterocycles. The van der Waals surface area contributed by atoms with Gasteiger partial charge in [0.2, 0.25) is 0 Å². The van der Waals surface area contributed by atoms with E-state index in [1.165, 1.54) is 24.3 Å². The first kappa shape index (κ1) is 22.9. The molecular weight excluding hydrogens is 446 g/mol. The number of carbonyl (C=O) groups is 4. The van der Waals surface area contributed by atoms with E-state index in [0.29, 0.717) is 42.4 Å². The predicted octanol–water partition coefficient (Wildman–Crippen LogP) is 3.46. The summed E-state index contributed by atoms with van der Waals surface area (Å²) < 4.78 is 4.99. The van der Waals surface area contributed by atoms with Crippen molar-refractivity contribution in [3.63, 3.8) is 0 Å². The van der Waals surface area contributed by atoms with E-state index in [1.54, 1.807) is 24.1 Å². The van der Waals surface area contributed by atoms with Crippen LogP contribution in [0.2, 0.25) is 5.02 Å². The van der Waals surface area contributed by atoms with Gasteiger partial charge in [-0.15, -0.1) is 0 Å². The Morgan fingerprint density at radius 3 is 2.48 bits per heavy atom. The van der Waals surface area contributed by atoms with Gasteiger partial charge in [0.25, 0.3) is 23.6 Å². The van der Waals surface area contributed by atoms with Crippen molar-refractivity contribution >= 4 is 40.9 Å². The lowest BCUT2D eigenvalue weighted by molar-refractivity contribution is 0.0637. The van der Waals surface area contributed by atoms with Crippen molar-refractivity contribution in [1.82, 2.24) is 9.80 Å². The Morgan fingerprint density at radius 1 is 1.03 bits per heavy atom. The van der Waals surface area contributed by atoms with Gasteiger partial charge in [-0.3, -0.25) is 24.1 Å². The van der Waals surface area contributed by atoms with Crippen LogP contribution >= 0.6 is 11.6 Å². The highest BCUT2D eigenvalue weighted by Crippen LogP contribution is 2.27. The third-order valence-electron chi connectivity index (χ3n) is 5.82. The number of nitrogens with one attached hydrogen (secondary N) is 1. The van der Waals surface area contributed by atoms with Gasteiger partial charge in [0, 0.05) is 43.9 Å². The van der Waals surface area contributed by atoms with Gasteiger partial charge in [-0.25, -0.2) is 0 Å². The number of methoxy groups -OCH3 is 1. The quantitative estimate of drug-likeness (QED) is 0.495. The van der Waals surface area contributed by atoms with Crippen molar-refractivity contribution in [1.29, 1.82) is 0 Å². The molecule has 0 spiro atoms. The number of imide groups is 1. The number of fused-ring (bicyclic) bond motifs is 1. The van der Waals surface area contributed by atoms with Crippen molar-refractivity contribution in [3.8, 4) is 0 Å². The maximum Gasteiger partial charge on any atom is 0.261 e. The lowest BCUT2D eigenvalue weighted by atomic mass is 10.0.